The molecule has 0 spiro atoms. The summed E-state index contributed by atoms with van der Waals surface area (Å²) in [6.45, 7) is 7.20. The maximum absolute atomic E-state index is 5.20. The first-order valence-electron chi connectivity index (χ1n) is 3.03. The number of rotatable bonds is 5. The Balaban J connectivity index is 3.39. The first-order chi connectivity index (χ1) is 4.35. The molecule has 0 atom stereocenters. The Morgan fingerprint density at radius 2 is 1.78 bits per heavy atom. The molecular formula is C7H14N2. The van der Waals surface area contributed by atoms with Crippen LogP contribution < -0.4 is 11.3 Å². The Hall–Kier alpha value is -0.600. The minimum atomic E-state index is 0.306. The molecule has 0 aromatic carbocycles. The van der Waals surface area contributed by atoms with Crippen molar-refractivity contribution in [2.24, 2.45) is 5.84 Å². The van der Waals surface area contributed by atoms with E-state index in [1.54, 1.807) is 0 Å². The third-order valence-corrected chi connectivity index (χ3v) is 1.14. The van der Waals surface area contributed by atoms with Crippen LogP contribution in [0.3, 0.4) is 0 Å². The van der Waals surface area contributed by atoms with Crippen molar-refractivity contribution < 1.29 is 0 Å². The van der Waals surface area contributed by atoms with Crippen LogP contribution in [0.25, 0.3) is 0 Å². The molecule has 0 unspecified atom stereocenters. The fourth-order valence-corrected chi connectivity index (χ4v) is 0.635. The zero-order chi connectivity index (χ0) is 7.11. The molecule has 0 aliphatic carbocycles. The summed E-state index contributed by atoms with van der Waals surface area (Å²) >= 11 is 0. The molecule has 9 heavy (non-hydrogen) atoms. The topological polar surface area (TPSA) is 38.0 Å². The highest BCUT2D eigenvalue weighted by Crippen LogP contribution is 1.96. The van der Waals surface area contributed by atoms with E-state index in [2.05, 4.69) is 18.6 Å². The molecule has 0 amide bonds. The monoisotopic (exact) mass is 126 g/mol. The van der Waals surface area contributed by atoms with Gasteiger partial charge in [0.05, 0.1) is 0 Å². The lowest BCUT2D eigenvalue weighted by Gasteiger charge is -2.09. The van der Waals surface area contributed by atoms with Crippen LogP contribution in [0.5, 0.6) is 0 Å². The van der Waals surface area contributed by atoms with Crippen LogP contribution in [0, 0.1) is 0 Å². The number of hydrogen-bond acceptors (Lipinski definition) is 2. The molecule has 3 N–H and O–H groups in total. The maximum Gasteiger partial charge on any atom is 0.0279 e. The summed E-state index contributed by atoms with van der Waals surface area (Å²) < 4.78 is 0. The van der Waals surface area contributed by atoms with E-state index in [4.69, 9.17) is 5.84 Å². The smallest absolute Gasteiger partial charge is 0.0279 e. The van der Waals surface area contributed by atoms with Crippen molar-refractivity contribution in [3.05, 3.63) is 25.3 Å². The van der Waals surface area contributed by atoms with Crippen molar-refractivity contribution in [3.8, 4) is 0 Å². The van der Waals surface area contributed by atoms with Crippen molar-refractivity contribution in [2.45, 2.75) is 18.9 Å². The Morgan fingerprint density at radius 3 is 2.00 bits per heavy atom. The van der Waals surface area contributed by atoms with Gasteiger partial charge in [-0.25, -0.2) is 0 Å². The predicted octanol–water partition coefficient (Wildman–Crippen LogP) is 0.970. The van der Waals surface area contributed by atoms with Crippen molar-refractivity contribution in [2.75, 3.05) is 0 Å². The molecule has 2 heteroatoms. The Kier molecular flexibility index (Phi) is 5.17. The molecule has 0 aliphatic heterocycles. The van der Waals surface area contributed by atoms with Gasteiger partial charge in [-0.2, -0.15) is 0 Å². The van der Waals surface area contributed by atoms with Crippen molar-refractivity contribution in [1.29, 1.82) is 0 Å². The molecule has 0 aliphatic rings. The largest absolute Gasteiger partial charge is 0.271 e. The second-order valence-corrected chi connectivity index (χ2v) is 1.91. The van der Waals surface area contributed by atoms with Crippen LogP contribution in [0.2, 0.25) is 0 Å². The minimum absolute atomic E-state index is 0.306. The van der Waals surface area contributed by atoms with Crippen LogP contribution >= 0.6 is 0 Å². The highest BCUT2D eigenvalue weighted by molar-refractivity contribution is 4.82. The quantitative estimate of drug-likeness (QED) is 0.327. The molecule has 0 saturated heterocycles. The number of hydrazine groups is 1. The van der Waals surface area contributed by atoms with Gasteiger partial charge in [0.15, 0.2) is 0 Å². The second kappa shape index (κ2) is 5.54. The van der Waals surface area contributed by atoms with Crippen LogP contribution in [-0.4, -0.2) is 6.04 Å². The average Bonchev–Trinajstić information content (AvgIpc) is 1.88. The summed E-state index contributed by atoms with van der Waals surface area (Å²) in [5, 5.41) is 0. The summed E-state index contributed by atoms with van der Waals surface area (Å²) in [7, 11) is 0. The predicted molar refractivity (Wildman–Crippen MR) is 40.7 cm³/mol. The molecule has 52 valence electrons. The van der Waals surface area contributed by atoms with Gasteiger partial charge in [0, 0.05) is 6.04 Å². The highest BCUT2D eigenvalue weighted by Gasteiger charge is 1.98. The minimum Gasteiger partial charge on any atom is -0.271 e. The summed E-state index contributed by atoms with van der Waals surface area (Å²) in [5.41, 5.74) is 2.66. The average molecular weight is 126 g/mol. The van der Waals surface area contributed by atoms with Crippen LogP contribution in [0.1, 0.15) is 12.8 Å². The van der Waals surface area contributed by atoms with E-state index >= 15 is 0 Å². The summed E-state index contributed by atoms with van der Waals surface area (Å²) in [5.74, 6) is 5.20. The summed E-state index contributed by atoms with van der Waals surface area (Å²) in [6.07, 6.45) is 5.47. The second-order valence-electron chi connectivity index (χ2n) is 1.91. The van der Waals surface area contributed by atoms with Gasteiger partial charge in [-0.05, 0) is 12.8 Å². The summed E-state index contributed by atoms with van der Waals surface area (Å²) in [4.78, 5) is 0. The van der Waals surface area contributed by atoms with E-state index in [0.717, 1.165) is 12.8 Å². The zero-order valence-corrected chi connectivity index (χ0v) is 5.64. The van der Waals surface area contributed by atoms with Gasteiger partial charge in [-0.3, -0.25) is 11.3 Å². The van der Waals surface area contributed by atoms with Crippen molar-refractivity contribution >= 4 is 0 Å². The van der Waals surface area contributed by atoms with E-state index in [1.165, 1.54) is 0 Å². The van der Waals surface area contributed by atoms with E-state index in [1.807, 2.05) is 12.2 Å². The zero-order valence-electron chi connectivity index (χ0n) is 5.64. The van der Waals surface area contributed by atoms with E-state index in [-0.39, 0.29) is 0 Å². The fraction of sp³-hybridized carbons (Fsp3) is 0.429. The lowest BCUT2D eigenvalue weighted by atomic mass is 10.1. The first-order valence-corrected chi connectivity index (χ1v) is 3.03. The maximum atomic E-state index is 5.20. The molecule has 0 fully saturated rings. The Morgan fingerprint density at radius 1 is 1.33 bits per heavy atom. The van der Waals surface area contributed by atoms with Crippen LogP contribution in [0.15, 0.2) is 25.3 Å². The van der Waals surface area contributed by atoms with Gasteiger partial charge in [0.25, 0.3) is 0 Å². The molecule has 0 saturated carbocycles. The molecule has 0 aromatic rings. The molecule has 0 rings (SSSR count). The first kappa shape index (κ1) is 8.40. The number of nitrogens with two attached hydrogens (primary N) is 1. The van der Waals surface area contributed by atoms with E-state index < -0.39 is 0 Å². The van der Waals surface area contributed by atoms with Crippen LogP contribution in [0.4, 0.5) is 0 Å². The highest BCUT2D eigenvalue weighted by atomic mass is 15.2. The fourth-order valence-electron chi connectivity index (χ4n) is 0.635. The van der Waals surface area contributed by atoms with Gasteiger partial charge >= 0.3 is 0 Å². The normalized spacial score (nSPS) is 9.56. The van der Waals surface area contributed by atoms with Crippen molar-refractivity contribution in [1.82, 2.24) is 5.43 Å². The lowest BCUT2D eigenvalue weighted by molar-refractivity contribution is 0.540. The van der Waals surface area contributed by atoms with Crippen LogP contribution in [-0.2, 0) is 0 Å². The number of hydrogen-bond donors (Lipinski definition) is 2. The molecule has 0 aromatic heterocycles. The Bertz CT molecular complexity index is 78.9. The number of nitrogens with one attached hydrogen (secondary N) is 1. The molecule has 0 bridgehead atoms. The summed E-state index contributed by atoms with van der Waals surface area (Å²) in [6, 6.07) is 0.306. The molecular weight excluding hydrogens is 112 g/mol. The standard InChI is InChI=1S/C7H14N2/c1-3-5-7(9-8)6-4-2/h3-4,7,9H,1-2,5-6,8H2. The van der Waals surface area contributed by atoms with Gasteiger partial charge < -0.3 is 0 Å². The van der Waals surface area contributed by atoms with Gasteiger partial charge in [0.2, 0.25) is 0 Å². The Labute approximate surface area is 56.4 Å². The third kappa shape index (κ3) is 3.94. The lowest BCUT2D eigenvalue weighted by Crippen LogP contribution is -2.34. The molecule has 2 nitrogen and oxygen atoms in total. The van der Waals surface area contributed by atoms with Gasteiger partial charge in [-0.1, -0.05) is 12.2 Å². The SMILES string of the molecule is C=CCC(CC=C)NN. The van der Waals surface area contributed by atoms with Crippen molar-refractivity contribution in [3.63, 3.8) is 0 Å². The third-order valence-electron chi connectivity index (χ3n) is 1.14. The molecule has 0 radical (unpaired) electrons. The van der Waals surface area contributed by atoms with Gasteiger partial charge in [-0.15, -0.1) is 13.2 Å². The van der Waals surface area contributed by atoms with Gasteiger partial charge in [0.1, 0.15) is 0 Å². The molecule has 0 heterocycles. The van der Waals surface area contributed by atoms with E-state index in [0.29, 0.717) is 6.04 Å². The van der Waals surface area contributed by atoms with E-state index in [9.17, 15) is 0 Å².